The van der Waals surface area contributed by atoms with Crippen LogP contribution in [0.5, 0.6) is 0 Å². The lowest BCUT2D eigenvalue weighted by atomic mass is 10.1. The van der Waals surface area contributed by atoms with Crippen molar-refractivity contribution in [1.82, 2.24) is 0 Å². The maximum Gasteiger partial charge on any atom is -0.0383 e. The SMILES string of the molecule is CCCC1CC1CCC1CC1. The number of hydrogen-bond acceptors (Lipinski definition) is 0. The molecule has 2 rings (SSSR count). The van der Waals surface area contributed by atoms with Crippen molar-refractivity contribution in [2.24, 2.45) is 17.8 Å². The van der Waals surface area contributed by atoms with Gasteiger partial charge in [0.2, 0.25) is 0 Å². The lowest BCUT2D eigenvalue weighted by Gasteiger charge is -1.96. The van der Waals surface area contributed by atoms with Crippen molar-refractivity contribution < 1.29 is 0 Å². The first-order valence-electron chi connectivity index (χ1n) is 5.40. The summed E-state index contributed by atoms with van der Waals surface area (Å²) < 4.78 is 0. The van der Waals surface area contributed by atoms with E-state index < -0.39 is 0 Å². The Balaban J connectivity index is 1.52. The first-order valence-corrected chi connectivity index (χ1v) is 5.40. The number of rotatable bonds is 5. The summed E-state index contributed by atoms with van der Waals surface area (Å²) in [4.78, 5) is 0. The second kappa shape index (κ2) is 3.16. The van der Waals surface area contributed by atoms with Crippen molar-refractivity contribution >= 4 is 0 Å². The van der Waals surface area contributed by atoms with Crippen LogP contribution in [0.2, 0.25) is 0 Å². The maximum absolute atomic E-state index is 2.32. The largest absolute Gasteiger partial charge is 0.0654 e. The van der Waals surface area contributed by atoms with Gasteiger partial charge in [-0.25, -0.2) is 0 Å². The molecule has 0 heterocycles. The van der Waals surface area contributed by atoms with Crippen LogP contribution in [0.25, 0.3) is 0 Å². The van der Waals surface area contributed by atoms with E-state index in [9.17, 15) is 0 Å². The smallest absolute Gasteiger partial charge is 0.0383 e. The lowest BCUT2D eigenvalue weighted by Crippen LogP contribution is -1.84. The van der Waals surface area contributed by atoms with Gasteiger partial charge in [-0.2, -0.15) is 0 Å². The van der Waals surface area contributed by atoms with E-state index in [0.29, 0.717) is 0 Å². The molecule has 0 heteroatoms. The molecule has 11 heavy (non-hydrogen) atoms. The average Bonchev–Trinajstić information content (AvgIpc) is 2.79. The van der Waals surface area contributed by atoms with Crippen molar-refractivity contribution in [3.8, 4) is 0 Å². The maximum atomic E-state index is 2.32. The Kier molecular flexibility index (Phi) is 2.20. The van der Waals surface area contributed by atoms with Crippen LogP contribution >= 0.6 is 0 Å². The molecule has 2 fully saturated rings. The predicted octanol–water partition coefficient (Wildman–Crippen LogP) is 3.61. The highest BCUT2D eigenvalue weighted by atomic mass is 14.4. The molecule has 0 spiro atoms. The monoisotopic (exact) mass is 152 g/mol. The molecule has 2 saturated carbocycles. The van der Waals surface area contributed by atoms with Gasteiger partial charge in [0, 0.05) is 0 Å². The molecule has 0 saturated heterocycles. The minimum absolute atomic E-state index is 1.15. The Bertz CT molecular complexity index is 124. The van der Waals surface area contributed by atoms with E-state index in [1.807, 2.05) is 0 Å². The summed E-state index contributed by atoms with van der Waals surface area (Å²) in [5.41, 5.74) is 0. The molecular weight excluding hydrogens is 132 g/mol. The van der Waals surface area contributed by atoms with E-state index in [4.69, 9.17) is 0 Å². The molecule has 0 aromatic heterocycles. The van der Waals surface area contributed by atoms with E-state index in [0.717, 1.165) is 17.8 Å². The predicted molar refractivity (Wildman–Crippen MR) is 48.5 cm³/mol. The van der Waals surface area contributed by atoms with Crippen LogP contribution < -0.4 is 0 Å². The van der Waals surface area contributed by atoms with Gasteiger partial charge >= 0.3 is 0 Å². The minimum Gasteiger partial charge on any atom is -0.0654 e. The minimum atomic E-state index is 1.15. The van der Waals surface area contributed by atoms with Gasteiger partial charge in [-0.05, 0) is 30.6 Å². The summed E-state index contributed by atoms with van der Waals surface area (Å²) in [5.74, 6) is 3.48. The standard InChI is InChI=1S/C11H20/c1-2-3-10-8-11(10)7-6-9-4-5-9/h9-11H,2-8H2,1H3. The molecule has 0 bridgehead atoms. The average molecular weight is 152 g/mol. The van der Waals surface area contributed by atoms with Crippen molar-refractivity contribution in [3.05, 3.63) is 0 Å². The zero-order chi connectivity index (χ0) is 7.68. The van der Waals surface area contributed by atoms with Gasteiger partial charge in [-0.3, -0.25) is 0 Å². The lowest BCUT2D eigenvalue weighted by molar-refractivity contribution is 0.555. The molecule has 0 aromatic carbocycles. The summed E-state index contributed by atoms with van der Waals surface area (Å²) in [7, 11) is 0. The molecule has 0 radical (unpaired) electrons. The van der Waals surface area contributed by atoms with E-state index in [1.54, 1.807) is 32.1 Å². The molecule has 2 atom stereocenters. The van der Waals surface area contributed by atoms with Crippen LogP contribution in [0, 0.1) is 17.8 Å². The van der Waals surface area contributed by atoms with Crippen molar-refractivity contribution in [1.29, 1.82) is 0 Å². The van der Waals surface area contributed by atoms with E-state index in [2.05, 4.69) is 6.92 Å². The van der Waals surface area contributed by atoms with E-state index in [1.165, 1.54) is 12.8 Å². The Morgan fingerprint density at radius 2 is 1.73 bits per heavy atom. The van der Waals surface area contributed by atoms with Crippen LogP contribution in [-0.2, 0) is 0 Å². The number of hydrogen-bond donors (Lipinski definition) is 0. The Labute approximate surface area is 70.4 Å². The van der Waals surface area contributed by atoms with Gasteiger partial charge in [-0.15, -0.1) is 0 Å². The van der Waals surface area contributed by atoms with Gasteiger partial charge in [-0.1, -0.05) is 39.0 Å². The zero-order valence-corrected chi connectivity index (χ0v) is 7.68. The highest BCUT2D eigenvalue weighted by molar-refractivity contribution is 4.87. The van der Waals surface area contributed by atoms with Crippen LogP contribution in [0.4, 0.5) is 0 Å². The highest BCUT2D eigenvalue weighted by Gasteiger charge is 2.36. The topological polar surface area (TPSA) is 0 Å². The summed E-state index contributed by atoms with van der Waals surface area (Å²) >= 11 is 0. The Morgan fingerprint density at radius 1 is 1.00 bits per heavy atom. The van der Waals surface area contributed by atoms with Gasteiger partial charge in [0.15, 0.2) is 0 Å². The fraction of sp³-hybridized carbons (Fsp3) is 1.00. The summed E-state index contributed by atoms with van der Waals surface area (Å²) in [6, 6.07) is 0. The van der Waals surface area contributed by atoms with Gasteiger partial charge in [0.05, 0.1) is 0 Å². The van der Waals surface area contributed by atoms with Gasteiger partial charge in [0.1, 0.15) is 0 Å². The van der Waals surface area contributed by atoms with Gasteiger partial charge < -0.3 is 0 Å². The molecule has 0 aromatic rings. The second-order valence-corrected chi connectivity index (χ2v) is 4.57. The van der Waals surface area contributed by atoms with Crippen LogP contribution in [0.15, 0.2) is 0 Å². The first kappa shape index (κ1) is 7.64. The quantitative estimate of drug-likeness (QED) is 0.564. The summed E-state index contributed by atoms with van der Waals surface area (Å²) in [6.45, 7) is 2.32. The van der Waals surface area contributed by atoms with Crippen LogP contribution in [-0.4, -0.2) is 0 Å². The van der Waals surface area contributed by atoms with E-state index in [-0.39, 0.29) is 0 Å². The molecule has 2 aliphatic carbocycles. The molecule has 2 unspecified atom stereocenters. The Hall–Kier alpha value is 0. The molecular formula is C11H20. The third-order valence-corrected chi connectivity index (χ3v) is 3.37. The molecule has 2 aliphatic rings. The van der Waals surface area contributed by atoms with Crippen molar-refractivity contribution in [2.45, 2.75) is 51.9 Å². The van der Waals surface area contributed by atoms with Crippen LogP contribution in [0.3, 0.4) is 0 Å². The first-order chi connectivity index (χ1) is 5.40. The van der Waals surface area contributed by atoms with Crippen LogP contribution in [0.1, 0.15) is 51.9 Å². The zero-order valence-electron chi connectivity index (χ0n) is 7.68. The molecule has 0 aliphatic heterocycles. The third-order valence-electron chi connectivity index (χ3n) is 3.37. The van der Waals surface area contributed by atoms with Crippen molar-refractivity contribution in [3.63, 3.8) is 0 Å². The Morgan fingerprint density at radius 3 is 2.36 bits per heavy atom. The fourth-order valence-electron chi connectivity index (χ4n) is 2.24. The van der Waals surface area contributed by atoms with Crippen molar-refractivity contribution in [2.75, 3.05) is 0 Å². The fourth-order valence-corrected chi connectivity index (χ4v) is 2.24. The normalized spacial score (nSPS) is 35.7. The molecule has 64 valence electrons. The second-order valence-electron chi connectivity index (χ2n) is 4.57. The molecule has 0 amide bonds. The highest BCUT2D eigenvalue weighted by Crippen LogP contribution is 2.47. The molecule has 0 nitrogen and oxygen atoms in total. The summed E-state index contributed by atoms with van der Waals surface area (Å²) in [5, 5.41) is 0. The third kappa shape index (κ3) is 2.21. The summed E-state index contributed by atoms with van der Waals surface area (Å²) in [6.07, 6.45) is 10.7. The van der Waals surface area contributed by atoms with E-state index >= 15 is 0 Å². The van der Waals surface area contributed by atoms with Gasteiger partial charge in [0.25, 0.3) is 0 Å². The molecule has 0 N–H and O–H groups in total.